The summed E-state index contributed by atoms with van der Waals surface area (Å²) in [5.41, 5.74) is 0.929. The summed E-state index contributed by atoms with van der Waals surface area (Å²) in [5, 5.41) is 20.7. The van der Waals surface area contributed by atoms with E-state index in [2.05, 4.69) is 20.2 Å². The first-order valence-corrected chi connectivity index (χ1v) is 7.56. The van der Waals surface area contributed by atoms with Crippen molar-refractivity contribution < 1.29 is 13.3 Å². The molecule has 0 bridgehead atoms. The lowest BCUT2D eigenvalue weighted by atomic mass is 10.3. The van der Waals surface area contributed by atoms with Gasteiger partial charge >= 0.3 is 5.69 Å². The van der Waals surface area contributed by atoms with Crippen molar-refractivity contribution in [3.05, 3.63) is 33.8 Å². The molecule has 9 nitrogen and oxygen atoms in total. The summed E-state index contributed by atoms with van der Waals surface area (Å²) in [6.45, 7) is 0. The SMILES string of the molecule is CNc1cccc(S(=O)(=O)Nc2nncs2)c1[N+](=O)[O-]. The number of nitro groups is 1. The van der Waals surface area contributed by atoms with Gasteiger partial charge in [-0.3, -0.25) is 14.8 Å². The second-order valence-electron chi connectivity index (χ2n) is 3.51. The molecule has 1 aromatic carbocycles. The average molecular weight is 315 g/mol. The third-order valence-electron chi connectivity index (χ3n) is 2.32. The molecule has 0 fully saturated rings. The minimum Gasteiger partial charge on any atom is -0.383 e. The largest absolute Gasteiger partial charge is 0.383 e. The smallest absolute Gasteiger partial charge is 0.312 e. The van der Waals surface area contributed by atoms with Crippen molar-refractivity contribution in [3.63, 3.8) is 0 Å². The van der Waals surface area contributed by atoms with Crippen molar-refractivity contribution in [1.82, 2.24) is 10.2 Å². The Bertz CT molecular complexity index is 729. The van der Waals surface area contributed by atoms with Gasteiger partial charge < -0.3 is 5.32 Å². The molecule has 0 atom stereocenters. The summed E-state index contributed by atoms with van der Waals surface area (Å²) >= 11 is 0.971. The highest BCUT2D eigenvalue weighted by Crippen LogP contribution is 2.32. The molecule has 11 heteroatoms. The van der Waals surface area contributed by atoms with Crippen LogP contribution in [0.3, 0.4) is 0 Å². The highest BCUT2D eigenvalue weighted by atomic mass is 32.2. The third-order valence-corrected chi connectivity index (χ3v) is 4.43. The van der Waals surface area contributed by atoms with Crippen LogP contribution in [0, 0.1) is 10.1 Å². The maximum Gasteiger partial charge on any atom is 0.312 e. The van der Waals surface area contributed by atoms with Crippen molar-refractivity contribution in [2.75, 3.05) is 17.1 Å². The van der Waals surface area contributed by atoms with Crippen LogP contribution in [0.25, 0.3) is 0 Å². The van der Waals surface area contributed by atoms with Gasteiger partial charge in [-0.05, 0) is 12.1 Å². The van der Waals surface area contributed by atoms with E-state index in [1.807, 2.05) is 0 Å². The lowest BCUT2D eigenvalue weighted by molar-refractivity contribution is -0.386. The molecule has 0 aliphatic carbocycles. The number of sulfonamides is 1. The Labute approximate surface area is 117 Å². The number of anilines is 2. The Kier molecular flexibility index (Phi) is 3.81. The van der Waals surface area contributed by atoms with Gasteiger partial charge in [0.2, 0.25) is 5.13 Å². The van der Waals surface area contributed by atoms with Crippen LogP contribution in [0.1, 0.15) is 0 Å². The summed E-state index contributed by atoms with van der Waals surface area (Å²) < 4.78 is 26.5. The predicted molar refractivity (Wildman–Crippen MR) is 73.4 cm³/mol. The van der Waals surface area contributed by atoms with E-state index < -0.39 is 25.5 Å². The molecule has 2 aromatic rings. The van der Waals surface area contributed by atoms with Crippen molar-refractivity contribution in [2.24, 2.45) is 0 Å². The maximum atomic E-state index is 12.2. The van der Waals surface area contributed by atoms with Crippen LogP contribution in [0.2, 0.25) is 0 Å². The summed E-state index contributed by atoms with van der Waals surface area (Å²) in [5.74, 6) is 0. The van der Waals surface area contributed by atoms with Crippen molar-refractivity contribution in [1.29, 1.82) is 0 Å². The fourth-order valence-corrected chi connectivity index (χ4v) is 3.40. The van der Waals surface area contributed by atoms with Gasteiger partial charge in [0.15, 0.2) is 4.90 Å². The maximum absolute atomic E-state index is 12.2. The molecule has 2 rings (SSSR count). The monoisotopic (exact) mass is 315 g/mol. The molecule has 0 aliphatic heterocycles. The van der Waals surface area contributed by atoms with E-state index >= 15 is 0 Å². The van der Waals surface area contributed by atoms with E-state index in [0.717, 1.165) is 17.4 Å². The lowest BCUT2D eigenvalue weighted by Crippen LogP contribution is -2.15. The minimum absolute atomic E-state index is 0.0363. The molecule has 20 heavy (non-hydrogen) atoms. The zero-order valence-electron chi connectivity index (χ0n) is 10.1. The topological polar surface area (TPSA) is 127 Å². The normalized spacial score (nSPS) is 11.1. The fraction of sp³-hybridized carbons (Fsp3) is 0.111. The average Bonchev–Trinajstić information content (AvgIpc) is 2.89. The summed E-state index contributed by atoms with van der Waals surface area (Å²) in [6, 6.07) is 3.98. The Morgan fingerprint density at radius 1 is 1.40 bits per heavy atom. The number of benzene rings is 1. The van der Waals surface area contributed by atoms with Gasteiger partial charge in [-0.2, -0.15) is 0 Å². The van der Waals surface area contributed by atoms with E-state index in [1.54, 1.807) is 0 Å². The zero-order valence-corrected chi connectivity index (χ0v) is 11.7. The highest BCUT2D eigenvalue weighted by Gasteiger charge is 2.29. The van der Waals surface area contributed by atoms with E-state index in [0.29, 0.717) is 0 Å². The number of hydrogen-bond acceptors (Lipinski definition) is 8. The number of rotatable bonds is 5. The molecule has 106 valence electrons. The van der Waals surface area contributed by atoms with Gasteiger partial charge in [0, 0.05) is 7.05 Å². The molecule has 0 saturated heterocycles. The quantitative estimate of drug-likeness (QED) is 0.628. The van der Waals surface area contributed by atoms with Crippen molar-refractivity contribution in [3.8, 4) is 0 Å². The van der Waals surface area contributed by atoms with Gasteiger partial charge in [0.1, 0.15) is 11.2 Å². The molecule has 0 radical (unpaired) electrons. The summed E-state index contributed by atoms with van der Waals surface area (Å²) in [6.07, 6.45) is 0. The molecule has 0 aliphatic rings. The van der Waals surface area contributed by atoms with Crippen LogP contribution < -0.4 is 10.0 Å². The summed E-state index contributed by atoms with van der Waals surface area (Å²) in [4.78, 5) is 9.91. The van der Waals surface area contributed by atoms with Crippen LogP contribution in [-0.2, 0) is 10.0 Å². The highest BCUT2D eigenvalue weighted by molar-refractivity contribution is 7.93. The number of aromatic nitrogens is 2. The predicted octanol–water partition coefficient (Wildman–Crippen LogP) is 1.29. The van der Waals surface area contributed by atoms with E-state index in [9.17, 15) is 18.5 Å². The third kappa shape index (κ3) is 2.67. The Balaban J connectivity index is 2.54. The molecule has 1 heterocycles. The number of hydrogen-bond donors (Lipinski definition) is 2. The summed E-state index contributed by atoms with van der Waals surface area (Å²) in [7, 11) is -2.65. The first kappa shape index (κ1) is 14.1. The van der Waals surface area contributed by atoms with Gasteiger partial charge in [-0.1, -0.05) is 17.4 Å². The Morgan fingerprint density at radius 3 is 2.70 bits per heavy atom. The van der Waals surface area contributed by atoms with Gasteiger partial charge in [0.25, 0.3) is 10.0 Å². The minimum atomic E-state index is -4.12. The standard InChI is InChI=1S/C9H9N5O4S2/c1-10-6-3-2-4-7(8(6)14(15)16)20(17,18)13-9-12-11-5-19-9/h2-5,10H,1H3,(H,12,13). The molecule has 0 unspecified atom stereocenters. The first-order valence-electron chi connectivity index (χ1n) is 5.20. The van der Waals surface area contributed by atoms with Crippen LogP contribution in [0.4, 0.5) is 16.5 Å². The molecule has 0 saturated carbocycles. The molecule has 2 N–H and O–H groups in total. The zero-order chi connectivity index (χ0) is 14.8. The van der Waals surface area contributed by atoms with Crippen molar-refractivity contribution >= 4 is 37.9 Å². The molecule has 0 amide bonds. The molecular formula is C9H9N5O4S2. The number of nitrogens with zero attached hydrogens (tertiary/aromatic N) is 3. The van der Waals surface area contributed by atoms with Gasteiger partial charge in [-0.25, -0.2) is 8.42 Å². The second kappa shape index (κ2) is 5.38. The number of nitro benzene ring substituents is 1. The first-order chi connectivity index (χ1) is 9.45. The van der Waals surface area contributed by atoms with Gasteiger partial charge in [-0.15, -0.1) is 10.2 Å². The van der Waals surface area contributed by atoms with Crippen LogP contribution in [0.15, 0.2) is 28.6 Å². The van der Waals surface area contributed by atoms with Crippen LogP contribution >= 0.6 is 11.3 Å². The second-order valence-corrected chi connectivity index (χ2v) is 5.99. The van der Waals surface area contributed by atoms with E-state index in [-0.39, 0.29) is 10.8 Å². The van der Waals surface area contributed by atoms with Crippen molar-refractivity contribution in [2.45, 2.75) is 4.90 Å². The number of para-hydroxylation sites is 1. The van der Waals surface area contributed by atoms with E-state index in [1.165, 1.54) is 24.7 Å². The number of nitrogens with one attached hydrogen (secondary N) is 2. The Morgan fingerprint density at radius 2 is 2.15 bits per heavy atom. The van der Waals surface area contributed by atoms with Gasteiger partial charge in [0.05, 0.1) is 4.92 Å². The van der Waals surface area contributed by atoms with Crippen LogP contribution in [0.5, 0.6) is 0 Å². The lowest BCUT2D eigenvalue weighted by Gasteiger charge is -2.08. The van der Waals surface area contributed by atoms with E-state index in [4.69, 9.17) is 0 Å². The molecule has 1 aromatic heterocycles. The van der Waals surface area contributed by atoms with Crippen LogP contribution in [-0.4, -0.2) is 30.6 Å². The fourth-order valence-electron chi connectivity index (χ4n) is 1.52. The molecular weight excluding hydrogens is 306 g/mol. The molecule has 0 spiro atoms. The Hall–Kier alpha value is -2.27.